The zero-order chi connectivity index (χ0) is 15.2. The van der Waals surface area contributed by atoms with Crippen molar-refractivity contribution in [1.29, 1.82) is 0 Å². The summed E-state index contributed by atoms with van der Waals surface area (Å²) in [6, 6.07) is 0. The lowest BCUT2D eigenvalue weighted by atomic mass is 9.80. The predicted octanol–water partition coefficient (Wildman–Crippen LogP) is 1.03. The van der Waals surface area contributed by atoms with Crippen molar-refractivity contribution in [1.82, 2.24) is 10.6 Å². The van der Waals surface area contributed by atoms with Crippen LogP contribution >= 0.6 is 0 Å². The number of nitrogens with one attached hydrogen (secondary N) is 2. The molecule has 0 aromatic heterocycles. The van der Waals surface area contributed by atoms with E-state index in [4.69, 9.17) is 5.73 Å². The summed E-state index contributed by atoms with van der Waals surface area (Å²) in [7, 11) is 1.61. The topological polar surface area (TPSA) is 84.2 Å². The molecule has 0 bridgehead atoms. The zero-order valence-electron chi connectivity index (χ0n) is 13.0. The van der Waals surface area contributed by atoms with Crippen molar-refractivity contribution in [3.8, 4) is 0 Å². The number of nitrogens with two attached hydrogens (primary N) is 1. The lowest BCUT2D eigenvalue weighted by molar-refractivity contribution is -0.129. The number of carbonyl (C=O) groups excluding carboxylic acids is 2. The SMILES string of the molecule is CNC(=O)C(C)(C)CNC(=O)CC1CCC(CN)CC1. The van der Waals surface area contributed by atoms with Gasteiger partial charge < -0.3 is 16.4 Å². The molecule has 0 spiro atoms. The van der Waals surface area contributed by atoms with Crippen molar-refractivity contribution in [2.75, 3.05) is 20.1 Å². The molecule has 1 saturated carbocycles. The molecule has 0 aliphatic heterocycles. The highest BCUT2D eigenvalue weighted by Crippen LogP contribution is 2.30. The monoisotopic (exact) mass is 283 g/mol. The Hall–Kier alpha value is -1.10. The zero-order valence-corrected chi connectivity index (χ0v) is 13.0. The minimum Gasteiger partial charge on any atom is -0.359 e. The average Bonchev–Trinajstić information content (AvgIpc) is 2.45. The van der Waals surface area contributed by atoms with Crippen molar-refractivity contribution in [3.63, 3.8) is 0 Å². The third-order valence-electron chi connectivity index (χ3n) is 4.34. The Morgan fingerprint density at radius 3 is 2.20 bits per heavy atom. The maximum Gasteiger partial charge on any atom is 0.227 e. The predicted molar refractivity (Wildman–Crippen MR) is 80.0 cm³/mol. The highest BCUT2D eigenvalue weighted by Gasteiger charge is 2.28. The molecule has 5 heteroatoms. The van der Waals surface area contributed by atoms with E-state index in [1.807, 2.05) is 13.8 Å². The van der Waals surface area contributed by atoms with Gasteiger partial charge in [-0.1, -0.05) is 0 Å². The number of hydrogen-bond donors (Lipinski definition) is 3. The van der Waals surface area contributed by atoms with Crippen LogP contribution < -0.4 is 16.4 Å². The third-order valence-corrected chi connectivity index (χ3v) is 4.34. The van der Waals surface area contributed by atoms with Gasteiger partial charge in [0.15, 0.2) is 0 Å². The van der Waals surface area contributed by atoms with Crippen molar-refractivity contribution < 1.29 is 9.59 Å². The molecule has 2 amide bonds. The van der Waals surface area contributed by atoms with Gasteiger partial charge in [-0.15, -0.1) is 0 Å². The molecule has 0 atom stereocenters. The van der Waals surface area contributed by atoms with E-state index < -0.39 is 5.41 Å². The molecule has 0 radical (unpaired) electrons. The van der Waals surface area contributed by atoms with Gasteiger partial charge in [0, 0.05) is 20.0 Å². The van der Waals surface area contributed by atoms with E-state index in [9.17, 15) is 9.59 Å². The van der Waals surface area contributed by atoms with Crippen LogP contribution in [0.5, 0.6) is 0 Å². The number of amides is 2. The molecule has 0 heterocycles. The van der Waals surface area contributed by atoms with Gasteiger partial charge in [-0.3, -0.25) is 9.59 Å². The van der Waals surface area contributed by atoms with Crippen LogP contribution in [0.4, 0.5) is 0 Å². The van der Waals surface area contributed by atoms with Crippen molar-refractivity contribution >= 4 is 11.8 Å². The summed E-state index contributed by atoms with van der Waals surface area (Å²) in [5.41, 5.74) is 5.10. The Morgan fingerprint density at radius 2 is 1.70 bits per heavy atom. The van der Waals surface area contributed by atoms with Crippen molar-refractivity contribution in [3.05, 3.63) is 0 Å². The highest BCUT2D eigenvalue weighted by atomic mass is 16.2. The Bertz CT molecular complexity index is 334. The first-order chi connectivity index (χ1) is 9.39. The van der Waals surface area contributed by atoms with E-state index in [1.54, 1.807) is 7.05 Å². The fourth-order valence-corrected chi connectivity index (χ4v) is 2.74. The van der Waals surface area contributed by atoms with Crippen LogP contribution in [0.1, 0.15) is 46.0 Å². The normalized spacial score (nSPS) is 23.2. The van der Waals surface area contributed by atoms with Crippen LogP contribution in [0.3, 0.4) is 0 Å². The van der Waals surface area contributed by atoms with Gasteiger partial charge in [0.05, 0.1) is 5.41 Å². The molecule has 1 aliphatic carbocycles. The summed E-state index contributed by atoms with van der Waals surface area (Å²) >= 11 is 0. The Kier molecular flexibility index (Phi) is 6.46. The minimum atomic E-state index is -0.568. The summed E-state index contributed by atoms with van der Waals surface area (Å²) in [5, 5.41) is 5.51. The van der Waals surface area contributed by atoms with Gasteiger partial charge in [0.2, 0.25) is 11.8 Å². The standard InChI is InChI=1S/C15H29N3O2/c1-15(2,14(20)17-3)10-18-13(19)8-11-4-6-12(9-16)7-5-11/h11-12H,4-10,16H2,1-3H3,(H,17,20)(H,18,19). The van der Waals surface area contributed by atoms with Crippen LogP contribution in [-0.2, 0) is 9.59 Å². The van der Waals surface area contributed by atoms with Crippen LogP contribution in [0.15, 0.2) is 0 Å². The van der Waals surface area contributed by atoms with E-state index in [-0.39, 0.29) is 11.8 Å². The molecule has 1 aliphatic rings. The van der Waals surface area contributed by atoms with Crippen LogP contribution in [0, 0.1) is 17.3 Å². The smallest absolute Gasteiger partial charge is 0.227 e. The van der Waals surface area contributed by atoms with Gasteiger partial charge in [-0.05, 0) is 57.9 Å². The van der Waals surface area contributed by atoms with E-state index >= 15 is 0 Å². The molecule has 20 heavy (non-hydrogen) atoms. The first-order valence-electron chi connectivity index (χ1n) is 7.58. The van der Waals surface area contributed by atoms with Gasteiger partial charge in [0.1, 0.15) is 0 Å². The average molecular weight is 283 g/mol. The largest absolute Gasteiger partial charge is 0.359 e. The van der Waals surface area contributed by atoms with Gasteiger partial charge >= 0.3 is 0 Å². The molecular formula is C15H29N3O2. The molecule has 0 aromatic rings. The third kappa shape index (κ3) is 5.12. The summed E-state index contributed by atoms with van der Waals surface area (Å²) < 4.78 is 0. The number of hydrogen-bond acceptors (Lipinski definition) is 3. The first kappa shape index (κ1) is 17.0. The molecule has 0 saturated heterocycles. The molecule has 0 unspecified atom stereocenters. The maximum atomic E-state index is 12.0. The van der Waals surface area contributed by atoms with Crippen LogP contribution in [-0.4, -0.2) is 32.0 Å². The Balaban J connectivity index is 2.29. The minimum absolute atomic E-state index is 0.0539. The lowest BCUT2D eigenvalue weighted by Crippen LogP contribution is -2.44. The van der Waals surface area contributed by atoms with Gasteiger partial charge in [-0.25, -0.2) is 0 Å². The molecule has 0 aromatic carbocycles. The summed E-state index contributed by atoms with van der Waals surface area (Å²) in [5.74, 6) is 1.11. The molecule has 1 fully saturated rings. The summed E-state index contributed by atoms with van der Waals surface area (Å²) in [6.07, 6.45) is 5.03. The highest BCUT2D eigenvalue weighted by molar-refractivity contribution is 5.83. The summed E-state index contributed by atoms with van der Waals surface area (Å²) in [4.78, 5) is 23.6. The van der Waals surface area contributed by atoms with E-state index in [2.05, 4.69) is 10.6 Å². The summed E-state index contributed by atoms with van der Waals surface area (Å²) in [6.45, 7) is 4.81. The second kappa shape index (κ2) is 7.62. The van der Waals surface area contributed by atoms with Gasteiger partial charge in [0.25, 0.3) is 0 Å². The van der Waals surface area contributed by atoms with E-state index in [0.717, 1.165) is 32.2 Å². The molecule has 1 rings (SSSR count). The van der Waals surface area contributed by atoms with Crippen molar-refractivity contribution in [2.45, 2.75) is 46.0 Å². The molecular weight excluding hydrogens is 254 g/mol. The van der Waals surface area contributed by atoms with Crippen LogP contribution in [0.2, 0.25) is 0 Å². The number of rotatable bonds is 6. The first-order valence-corrected chi connectivity index (χ1v) is 7.58. The fraction of sp³-hybridized carbons (Fsp3) is 0.867. The second-order valence-electron chi connectivity index (χ2n) is 6.57. The molecule has 4 N–H and O–H groups in total. The Morgan fingerprint density at radius 1 is 1.15 bits per heavy atom. The van der Waals surface area contributed by atoms with Gasteiger partial charge in [-0.2, -0.15) is 0 Å². The molecule has 116 valence electrons. The maximum absolute atomic E-state index is 12.0. The fourth-order valence-electron chi connectivity index (χ4n) is 2.74. The Labute approximate surface area is 122 Å². The quantitative estimate of drug-likeness (QED) is 0.680. The lowest BCUT2D eigenvalue weighted by Gasteiger charge is -2.28. The number of carbonyl (C=O) groups is 2. The van der Waals surface area contributed by atoms with E-state index in [0.29, 0.717) is 24.8 Å². The van der Waals surface area contributed by atoms with Crippen molar-refractivity contribution in [2.24, 2.45) is 23.0 Å². The van der Waals surface area contributed by atoms with Crippen LogP contribution in [0.25, 0.3) is 0 Å². The molecule has 5 nitrogen and oxygen atoms in total. The van der Waals surface area contributed by atoms with E-state index in [1.165, 1.54) is 0 Å². The second-order valence-corrected chi connectivity index (χ2v) is 6.57.